The number of para-hydroxylation sites is 2. The number of benzene rings is 1. The second-order valence-corrected chi connectivity index (χ2v) is 5.09. The van der Waals surface area contributed by atoms with Crippen LogP contribution in [0.5, 0.6) is 5.75 Å². The number of nitro groups is 1. The highest BCUT2D eigenvalue weighted by Crippen LogP contribution is 2.25. The first kappa shape index (κ1) is 19.4. The van der Waals surface area contributed by atoms with E-state index in [9.17, 15) is 24.5 Å². The van der Waals surface area contributed by atoms with E-state index < -0.39 is 29.3 Å². The molecule has 0 fully saturated rings. The van der Waals surface area contributed by atoms with Gasteiger partial charge in [-0.1, -0.05) is 12.1 Å². The van der Waals surface area contributed by atoms with Gasteiger partial charge in [-0.2, -0.15) is 0 Å². The number of nitrogens with one attached hydrogen (secondary N) is 3. The van der Waals surface area contributed by atoms with Crippen LogP contribution in [0.4, 0.5) is 5.69 Å². The van der Waals surface area contributed by atoms with Crippen LogP contribution in [0.15, 0.2) is 47.1 Å². The number of furan rings is 1. The van der Waals surface area contributed by atoms with Gasteiger partial charge in [0.15, 0.2) is 18.1 Å². The number of carbonyl (C=O) groups is 3. The average Bonchev–Trinajstić information content (AvgIpc) is 3.19. The summed E-state index contributed by atoms with van der Waals surface area (Å²) in [5.74, 6) is -1.66. The van der Waals surface area contributed by atoms with E-state index in [0.29, 0.717) is 0 Å². The molecule has 2 rings (SSSR count). The molecule has 142 valence electrons. The van der Waals surface area contributed by atoms with Crippen LogP contribution in [0.25, 0.3) is 0 Å². The molecule has 0 aliphatic heterocycles. The molecule has 0 atom stereocenters. The van der Waals surface area contributed by atoms with Crippen molar-refractivity contribution in [1.82, 2.24) is 16.2 Å². The minimum atomic E-state index is -0.707. The van der Waals surface area contributed by atoms with E-state index >= 15 is 0 Å². The summed E-state index contributed by atoms with van der Waals surface area (Å²) in [4.78, 5) is 45.0. The van der Waals surface area contributed by atoms with Gasteiger partial charge in [-0.3, -0.25) is 35.3 Å². The largest absolute Gasteiger partial charge is 0.477 e. The van der Waals surface area contributed by atoms with Crippen LogP contribution in [0.3, 0.4) is 0 Å². The molecule has 11 nitrogen and oxygen atoms in total. The fourth-order valence-corrected chi connectivity index (χ4v) is 1.90. The predicted octanol–water partition coefficient (Wildman–Crippen LogP) is 0.534. The lowest BCUT2D eigenvalue weighted by molar-refractivity contribution is -0.385. The van der Waals surface area contributed by atoms with Gasteiger partial charge in [0.05, 0.1) is 11.2 Å². The van der Waals surface area contributed by atoms with Crippen LogP contribution < -0.4 is 20.9 Å². The van der Waals surface area contributed by atoms with Crippen molar-refractivity contribution in [3.05, 3.63) is 58.5 Å². The van der Waals surface area contributed by atoms with Gasteiger partial charge in [-0.05, 0) is 18.2 Å². The molecule has 0 aliphatic carbocycles. The van der Waals surface area contributed by atoms with Crippen LogP contribution in [0.1, 0.15) is 17.0 Å². The van der Waals surface area contributed by atoms with Crippen molar-refractivity contribution in [2.45, 2.75) is 6.42 Å². The summed E-state index contributed by atoms with van der Waals surface area (Å²) in [7, 11) is 0. The molecule has 0 saturated carbocycles. The minimum Gasteiger partial charge on any atom is -0.477 e. The number of nitrogens with zero attached hydrogens (tertiary/aromatic N) is 1. The Labute approximate surface area is 152 Å². The number of rotatable bonds is 8. The topological polar surface area (TPSA) is 153 Å². The molecule has 0 unspecified atom stereocenters. The molecule has 0 saturated heterocycles. The highest BCUT2D eigenvalue weighted by atomic mass is 16.6. The van der Waals surface area contributed by atoms with Crippen LogP contribution in [0.2, 0.25) is 0 Å². The van der Waals surface area contributed by atoms with E-state index in [2.05, 4.69) is 16.2 Å². The van der Waals surface area contributed by atoms with Crippen molar-refractivity contribution >= 4 is 23.4 Å². The Hall–Kier alpha value is -3.89. The van der Waals surface area contributed by atoms with Gasteiger partial charge in [0.1, 0.15) is 0 Å². The SMILES string of the molecule is O=C(CCNC(=O)c1ccco1)NNC(=O)COc1ccccc1[N+](=O)[O-]. The summed E-state index contributed by atoms with van der Waals surface area (Å²) >= 11 is 0. The number of carbonyl (C=O) groups excluding carboxylic acids is 3. The fraction of sp³-hybridized carbons (Fsp3) is 0.188. The molecule has 2 aromatic rings. The summed E-state index contributed by atoms with van der Waals surface area (Å²) in [5, 5.41) is 13.3. The van der Waals surface area contributed by atoms with Gasteiger partial charge in [0, 0.05) is 19.0 Å². The summed E-state index contributed by atoms with van der Waals surface area (Å²) in [6.07, 6.45) is 1.26. The van der Waals surface area contributed by atoms with E-state index in [1.54, 1.807) is 6.07 Å². The van der Waals surface area contributed by atoms with Gasteiger partial charge in [-0.15, -0.1) is 0 Å². The van der Waals surface area contributed by atoms with Crippen LogP contribution >= 0.6 is 0 Å². The molecular weight excluding hydrogens is 360 g/mol. The highest BCUT2D eigenvalue weighted by Gasteiger charge is 2.15. The second-order valence-electron chi connectivity index (χ2n) is 5.09. The zero-order valence-corrected chi connectivity index (χ0v) is 14.0. The standard InChI is InChI=1S/C16H16N4O7/c21-14(7-8-17-16(23)13-6-3-9-26-13)18-19-15(22)10-27-12-5-2-1-4-11(12)20(24)25/h1-6,9H,7-8,10H2,(H,17,23)(H,18,21)(H,19,22). The van der Waals surface area contributed by atoms with Crippen molar-refractivity contribution in [1.29, 1.82) is 0 Å². The zero-order valence-electron chi connectivity index (χ0n) is 14.0. The van der Waals surface area contributed by atoms with Crippen molar-refractivity contribution in [3.63, 3.8) is 0 Å². The molecule has 1 heterocycles. The Kier molecular flexibility index (Phi) is 6.88. The van der Waals surface area contributed by atoms with E-state index in [1.807, 2.05) is 0 Å². The van der Waals surface area contributed by atoms with Gasteiger partial charge < -0.3 is 14.5 Å². The third-order valence-electron chi connectivity index (χ3n) is 3.14. The molecule has 3 amide bonds. The monoisotopic (exact) mass is 376 g/mol. The van der Waals surface area contributed by atoms with E-state index in [4.69, 9.17) is 9.15 Å². The molecular formula is C16H16N4O7. The Morgan fingerprint density at radius 1 is 1.07 bits per heavy atom. The van der Waals surface area contributed by atoms with Gasteiger partial charge in [0.25, 0.3) is 11.8 Å². The smallest absolute Gasteiger partial charge is 0.310 e. The Balaban J connectivity index is 1.66. The maximum Gasteiger partial charge on any atom is 0.310 e. The first-order valence-corrected chi connectivity index (χ1v) is 7.73. The van der Waals surface area contributed by atoms with E-state index in [1.165, 1.54) is 36.6 Å². The van der Waals surface area contributed by atoms with E-state index in [-0.39, 0.29) is 30.2 Å². The number of hydrogen-bond donors (Lipinski definition) is 3. The van der Waals surface area contributed by atoms with Crippen molar-refractivity contribution < 1.29 is 28.5 Å². The van der Waals surface area contributed by atoms with Gasteiger partial charge in [0.2, 0.25) is 5.91 Å². The number of nitro benzene ring substituents is 1. The Morgan fingerprint density at radius 2 is 1.81 bits per heavy atom. The summed E-state index contributed by atoms with van der Waals surface area (Å²) in [5.41, 5.74) is 3.96. The predicted molar refractivity (Wildman–Crippen MR) is 90.5 cm³/mol. The highest BCUT2D eigenvalue weighted by molar-refractivity contribution is 5.91. The van der Waals surface area contributed by atoms with Crippen LogP contribution in [-0.4, -0.2) is 35.8 Å². The molecule has 1 aromatic carbocycles. The maximum atomic E-state index is 11.6. The maximum absolute atomic E-state index is 11.6. The Morgan fingerprint density at radius 3 is 2.52 bits per heavy atom. The van der Waals surface area contributed by atoms with E-state index in [0.717, 1.165) is 0 Å². The first-order valence-electron chi connectivity index (χ1n) is 7.73. The second kappa shape index (κ2) is 9.56. The van der Waals surface area contributed by atoms with Gasteiger partial charge >= 0.3 is 5.69 Å². The first-order chi connectivity index (χ1) is 13.0. The molecule has 27 heavy (non-hydrogen) atoms. The lowest BCUT2D eigenvalue weighted by Crippen LogP contribution is -2.44. The zero-order chi connectivity index (χ0) is 19.6. The summed E-state index contributed by atoms with van der Waals surface area (Å²) in [6, 6.07) is 8.63. The fourth-order valence-electron chi connectivity index (χ4n) is 1.90. The summed E-state index contributed by atoms with van der Waals surface area (Å²) in [6.45, 7) is -0.492. The molecule has 0 spiro atoms. The third kappa shape index (κ3) is 6.16. The van der Waals surface area contributed by atoms with Crippen molar-refractivity contribution in [2.24, 2.45) is 0 Å². The number of amides is 3. The number of hydrazine groups is 1. The molecule has 3 N–H and O–H groups in total. The lowest BCUT2D eigenvalue weighted by atomic mass is 10.3. The number of hydrogen-bond acceptors (Lipinski definition) is 7. The average molecular weight is 376 g/mol. The quantitative estimate of drug-likeness (QED) is 0.449. The van der Waals surface area contributed by atoms with Crippen LogP contribution in [-0.2, 0) is 9.59 Å². The van der Waals surface area contributed by atoms with Crippen LogP contribution in [0, 0.1) is 10.1 Å². The van der Waals surface area contributed by atoms with Crippen molar-refractivity contribution in [2.75, 3.05) is 13.2 Å². The molecule has 0 bridgehead atoms. The lowest BCUT2D eigenvalue weighted by Gasteiger charge is -2.09. The molecule has 1 aromatic heterocycles. The van der Waals surface area contributed by atoms with Gasteiger partial charge in [-0.25, -0.2) is 0 Å². The third-order valence-corrected chi connectivity index (χ3v) is 3.14. The molecule has 11 heteroatoms. The van der Waals surface area contributed by atoms with Crippen molar-refractivity contribution in [3.8, 4) is 5.75 Å². The molecule has 0 aliphatic rings. The molecule has 0 radical (unpaired) electrons. The normalized spacial score (nSPS) is 9.93. The minimum absolute atomic E-state index is 0.0357. The number of ether oxygens (including phenoxy) is 1. The summed E-state index contributed by atoms with van der Waals surface area (Å²) < 4.78 is 9.97. The Bertz CT molecular complexity index is 820.